The van der Waals surface area contributed by atoms with Crippen LogP contribution in [-0.4, -0.2) is 66.8 Å². The predicted octanol–water partition coefficient (Wildman–Crippen LogP) is 2.63. The number of hydrogen-bond acceptors (Lipinski definition) is 3. The molecule has 1 aromatic carbocycles. The first-order valence-electron chi connectivity index (χ1n) is 10.3. The van der Waals surface area contributed by atoms with Crippen LogP contribution in [0.25, 0.3) is 0 Å². The second-order valence-corrected chi connectivity index (χ2v) is 8.07. The summed E-state index contributed by atoms with van der Waals surface area (Å²) in [6, 6.07) is 7.91. The van der Waals surface area contributed by atoms with Crippen LogP contribution < -0.4 is 10.6 Å². The molecule has 0 bridgehead atoms. The minimum Gasteiger partial charge on any atom is -0.356 e. The Labute approximate surface area is 200 Å². The van der Waals surface area contributed by atoms with Gasteiger partial charge in [0.25, 0.3) is 0 Å². The van der Waals surface area contributed by atoms with Gasteiger partial charge < -0.3 is 20.4 Å². The van der Waals surface area contributed by atoms with Crippen molar-refractivity contribution >= 4 is 53.4 Å². The zero-order chi connectivity index (χ0) is 20.6. The van der Waals surface area contributed by atoms with Crippen molar-refractivity contribution in [3.8, 4) is 0 Å². The van der Waals surface area contributed by atoms with Gasteiger partial charge in [-0.05, 0) is 30.5 Å². The lowest BCUT2D eigenvalue weighted by atomic mass is 10.2. The monoisotopic (exact) mass is 547 g/mol. The molecule has 9 heteroatoms. The first kappa shape index (κ1) is 24.7. The van der Waals surface area contributed by atoms with Crippen molar-refractivity contribution in [3.05, 3.63) is 34.9 Å². The maximum Gasteiger partial charge on any atom is 0.242 e. The van der Waals surface area contributed by atoms with Gasteiger partial charge in [0.1, 0.15) is 0 Å². The van der Waals surface area contributed by atoms with Crippen LogP contribution in [-0.2, 0) is 16.1 Å². The molecule has 2 fully saturated rings. The number of carbonyl (C=O) groups is 2. The Morgan fingerprint density at radius 3 is 2.53 bits per heavy atom. The molecule has 0 aromatic heterocycles. The van der Waals surface area contributed by atoms with Gasteiger partial charge in [-0.1, -0.05) is 36.6 Å². The number of guanidine groups is 1. The first-order valence-corrected chi connectivity index (χ1v) is 10.7. The lowest BCUT2D eigenvalue weighted by Gasteiger charge is -2.36. The number of halogens is 2. The molecule has 0 atom stereocenters. The van der Waals surface area contributed by atoms with Crippen molar-refractivity contribution < 1.29 is 9.59 Å². The fraction of sp³-hybridized carbons (Fsp3) is 0.571. The summed E-state index contributed by atoms with van der Waals surface area (Å²) >= 11 is 5.92. The Morgan fingerprint density at radius 1 is 1.20 bits per heavy atom. The molecule has 3 rings (SSSR count). The number of hydrogen-bond donors (Lipinski definition) is 2. The van der Waals surface area contributed by atoms with E-state index >= 15 is 0 Å². The van der Waals surface area contributed by atoms with E-state index in [2.05, 4.69) is 15.6 Å². The molecular formula is C21H31ClIN5O2. The van der Waals surface area contributed by atoms with Crippen molar-refractivity contribution in [1.82, 2.24) is 20.4 Å². The van der Waals surface area contributed by atoms with E-state index in [9.17, 15) is 9.59 Å². The molecule has 1 saturated heterocycles. The van der Waals surface area contributed by atoms with Gasteiger partial charge in [0.05, 0.1) is 6.54 Å². The molecule has 166 valence electrons. The minimum absolute atomic E-state index is 0. The fourth-order valence-electron chi connectivity index (χ4n) is 3.86. The third-order valence-corrected chi connectivity index (χ3v) is 5.72. The van der Waals surface area contributed by atoms with Gasteiger partial charge >= 0.3 is 0 Å². The highest BCUT2D eigenvalue weighted by molar-refractivity contribution is 14.0. The number of amides is 2. The molecule has 2 aliphatic rings. The van der Waals surface area contributed by atoms with Gasteiger partial charge in [-0.15, -0.1) is 24.0 Å². The SMILES string of the molecule is CN=C(NCCC(=O)NC1CCCC1)N1CCN(Cc2ccc(Cl)cc2)C(=O)C1.I. The van der Waals surface area contributed by atoms with Crippen LogP contribution in [0, 0.1) is 0 Å². The maximum absolute atomic E-state index is 12.6. The third-order valence-electron chi connectivity index (χ3n) is 5.47. The summed E-state index contributed by atoms with van der Waals surface area (Å²) in [6.07, 6.45) is 4.98. The highest BCUT2D eigenvalue weighted by Gasteiger charge is 2.26. The highest BCUT2D eigenvalue weighted by atomic mass is 127. The molecule has 2 amide bonds. The Balaban J connectivity index is 0.00000320. The summed E-state index contributed by atoms with van der Waals surface area (Å²) in [5.74, 6) is 0.801. The van der Waals surface area contributed by atoms with Gasteiger partial charge in [0, 0.05) is 50.7 Å². The molecule has 1 aliphatic carbocycles. The molecule has 1 aliphatic heterocycles. The number of benzene rings is 1. The molecule has 1 heterocycles. The number of nitrogens with zero attached hydrogens (tertiary/aromatic N) is 3. The quantitative estimate of drug-likeness (QED) is 0.326. The van der Waals surface area contributed by atoms with E-state index in [1.807, 2.05) is 34.1 Å². The van der Waals surface area contributed by atoms with E-state index < -0.39 is 0 Å². The van der Waals surface area contributed by atoms with E-state index in [0.29, 0.717) is 49.6 Å². The third kappa shape index (κ3) is 7.30. The highest BCUT2D eigenvalue weighted by Crippen LogP contribution is 2.17. The van der Waals surface area contributed by atoms with E-state index in [4.69, 9.17) is 11.6 Å². The smallest absolute Gasteiger partial charge is 0.242 e. The lowest BCUT2D eigenvalue weighted by molar-refractivity contribution is -0.135. The first-order chi connectivity index (χ1) is 14.0. The van der Waals surface area contributed by atoms with Gasteiger partial charge in [-0.2, -0.15) is 0 Å². The van der Waals surface area contributed by atoms with Gasteiger partial charge in [-0.3, -0.25) is 14.6 Å². The van der Waals surface area contributed by atoms with Gasteiger partial charge in [0.2, 0.25) is 11.8 Å². The Kier molecular flexibility index (Phi) is 10.2. The van der Waals surface area contributed by atoms with Crippen LogP contribution >= 0.6 is 35.6 Å². The van der Waals surface area contributed by atoms with Crippen molar-refractivity contribution in [2.75, 3.05) is 33.2 Å². The number of nitrogens with one attached hydrogen (secondary N) is 2. The van der Waals surface area contributed by atoms with Gasteiger partial charge in [-0.25, -0.2) is 0 Å². The topological polar surface area (TPSA) is 77.0 Å². The van der Waals surface area contributed by atoms with Crippen LogP contribution in [0.3, 0.4) is 0 Å². The summed E-state index contributed by atoms with van der Waals surface area (Å²) in [7, 11) is 1.70. The summed E-state index contributed by atoms with van der Waals surface area (Å²) < 4.78 is 0. The summed E-state index contributed by atoms with van der Waals surface area (Å²) in [5.41, 5.74) is 1.06. The van der Waals surface area contributed by atoms with Crippen LogP contribution in [0.4, 0.5) is 0 Å². The summed E-state index contributed by atoms with van der Waals surface area (Å²) in [5, 5.41) is 7.00. The lowest BCUT2D eigenvalue weighted by Crippen LogP contribution is -2.55. The number of piperazine rings is 1. The molecule has 0 unspecified atom stereocenters. The summed E-state index contributed by atoms with van der Waals surface area (Å²) in [4.78, 5) is 32.7. The molecular weight excluding hydrogens is 517 g/mol. The molecule has 0 radical (unpaired) electrons. The van der Waals surface area contributed by atoms with Crippen LogP contribution in [0.5, 0.6) is 0 Å². The molecule has 1 saturated carbocycles. The van der Waals surface area contributed by atoms with E-state index in [0.717, 1.165) is 18.4 Å². The van der Waals surface area contributed by atoms with E-state index in [-0.39, 0.29) is 42.3 Å². The van der Waals surface area contributed by atoms with Crippen molar-refractivity contribution in [2.24, 2.45) is 4.99 Å². The van der Waals surface area contributed by atoms with Crippen LogP contribution in [0.2, 0.25) is 5.02 Å². The van der Waals surface area contributed by atoms with Gasteiger partial charge in [0.15, 0.2) is 5.96 Å². The normalized spacial score (nSPS) is 17.7. The second kappa shape index (κ2) is 12.3. The Hall–Kier alpha value is -1.55. The maximum atomic E-state index is 12.6. The van der Waals surface area contributed by atoms with Crippen molar-refractivity contribution in [2.45, 2.75) is 44.7 Å². The molecule has 2 N–H and O–H groups in total. The van der Waals surface area contributed by atoms with Crippen LogP contribution in [0.1, 0.15) is 37.7 Å². The number of rotatable bonds is 6. The van der Waals surface area contributed by atoms with E-state index in [1.54, 1.807) is 7.05 Å². The predicted molar refractivity (Wildman–Crippen MR) is 130 cm³/mol. The van der Waals surface area contributed by atoms with Crippen LogP contribution in [0.15, 0.2) is 29.3 Å². The standard InChI is InChI=1S/C21H30ClN5O2.HI/c1-23-21(24-11-10-19(28)25-18-4-2-3-5-18)27-13-12-26(20(29)15-27)14-16-6-8-17(22)9-7-16;/h6-9,18H,2-5,10-15H2,1H3,(H,23,24)(H,25,28);1H. The zero-order valence-electron chi connectivity index (χ0n) is 17.4. The zero-order valence-corrected chi connectivity index (χ0v) is 20.5. The molecule has 7 nitrogen and oxygen atoms in total. The number of aliphatic imine (C=N–C) groups is 1. The number of carbonyl (C=O) groups excluding carboxylic acids is 2. The van der Waals surface area contributed by atoms with E-state index in [1.165, 1.54) is 12.8 Å². The van der Waals surface area contributed by atoms with Crippen molar-refractivity contribution in [3.63, 3.8) is 0 Å². The summed E-state index contributed by atoms with van der Waals surface area (Å²) in [6.45, 7) is 2.70. The fourth-order valence-corrected chi connectivity index (χ4v) is 3.98. The largest absolute Gasteiger partial charge is 0.356 e. The molecule has 1 aromatic rings. The Morgan fingerprint density at radius 2 is 1.90 bits per heavy atom. The molecule has 0 spiro atoms. The average molecular weight is 548 g/mol. The minimum atomic E-state index is 0. The Bertz CT molecular complexity index is 737. The van der Waals surface area contributed by atoms with Crippen molar-refractivity contribution in [1.29, 1.82) is 0 Å². The average Bonchev–Trinajstić information content (AvgIpc) is 3.21. The molecule has 30 heavy (non-hydrogen) atoms. The second-order valence-electron chi connectivity index (χ2n) is 7.64.